The molecule has 1 heterocycles. The third-order valence-electron chi connectivity index (χ3n) is 3.96. The summed E-state index contributed by atoms with van der Waals surface area (Å²) in [6.07, 6.45) is 2.42. The molecule has 1 aromatic carbocycles. The van der Waals surface area contributed by atoms with E-state index in [1.165, 1.54) is 24.0 Å². The molecule has 2 fully saturated rings. The van der Waals surface area contributed by atoms with Gasteiger partial charge in [0.2, 0.25) is 0 Å². The van der Waals surface area contributed by atoms with E-state index in [1.807, 2.05) is 4.90 Å². The van der Waals surface area contributed by atoms with Crippen molar-refractivity contribution in [1.29, 1.82) is 0 Å². The third-order valence-corrected chi connectivity index (χ3v) is 3.96. The van der Waals surface area contributed by atoms with Gasteiger partial charge >= 0.3 is 6.03 Å². The van der Waals surface area contributed by atoms with E-state index in [2.05, 4.69) is 36.5 Å². The second-order valence-corrected chi connectivity index (χ2v) is 5.30. The molecule has 1 aliphatic carbocycles. The molecule has 2 aliphatic rings. The molecule has 3 heteroatoms. The highest BCUT2D eigenvalue weighted by atomic mass is 16.2. The Hall–Kier alpha value is -1.51. The van der Waals surface area contributed by atoms with Gasteiger partial charge in [0.1, 0.15) is 0 Å². The number of carbonyl (C=O) groups excluding carboxylic acids is 1. The summed E-state index contributed by atoms with van der Waals surface area (Å²) >= 11 is 0. The molecule has 2 amide bonds. The van der Waals surface area contributed by atoms with Crippen molar-refractivity contribution in [2.24, 2.45) is 0 Å². The molecular weight excluding hydrogens is 212 g/mol. The van der Waals surface area contributed by atoms with Crippen molar-refractivity contribution in [2.75, 3.05) is 19.6 Å². The van der Waals surface area contributed by atoms with Crippen molar-refractivity contribution in [3.05, 3.63) is 35.4 Å². The Morgan fingerprint density at radius 1 is 1.29 bits per heavy atom. The fourth-order valence-electron chi connectivity index (χ4n) is 2.62. The van der Waals surface area contributed by atoms with Crippen molar-refractivity contribution in [1.82, 2.24) is 10.2 Å². The molecule has 0 aromatic heterocycles. The van der Waals surface area contributed by atoms with Crippen LogP contribution in [0.2, 0.25) is 0 Å². The maximum Gasteiger partial charge on any atom is 0.317 e. The van der Waals surface area contributed by atoms with Gasteiger partial charge < -0.3 is 10.2 Å². The van der Waals surface area contributed by atoms with Crippen molar-refractivity contribution in [3.8, 4) is 0 Å². The standard InChI is InChI=1S/C14H18N2O/c1-11-2-4-12(5-3-11)14(6-7-14)10-16-9-8-15-13(16)17/h2-5H,6-10H2,1H3,(H,15,17). The van der Waals surface area contributed by atoms with E-state index in [9.17, 15) is 4.79 Å². The van der Waals surface area contributed by atoms with E-state index in [4.69, 9.17) is 0 Å². The minimum absolute atomic E-state index is 0.100. The van der Waals surface area contributed by atoms with Gasteiger partial charge in [0, 0.05) is 25.0 Å². The van der Waals surface area contributed by atoms with Crippen LogP contribution in [0.25, 0.3) is 0 Å². The number of benzene rings is 1. The number of amides is 2. The van der Waals surface area contributed by atoms with Crippen LogP contribution in [-0.4, -0.2) is 30.6 Å². The summed E-state index contributed by atoms with van der Waals surface area (Å²) in [4.78, 5) is 13.5. The van der Waals surface area contributed by atoms with Crippen molar-refractivity contribution < 1.29 is 4.79 Å². The van der Waals surface area contributed by atoms with Gasteiger partial charge in [-0.2, -0.15) is 0 Å². The van der Waals surface area contributed by atoms with Gasteiger partial charge in [-0.05, 0) is 25.3 Å². The lowest BCUT2D eigenvalue weighted by Gasteiger charge is -2.22. The van der Waals surface area contributed by atoms with Crippen molar-refractivity contribution >= 4 is 6.03 Å². The number of nitrogens with one attached hydrogen (secondary N) is 1. The van der Waals surface area contributed by atoms with Crippen LogP contribution in [0.15, 0.2) is 24.3 Å². The number of hydrogen-bond acceptors (Lipinski definition) is 1. The number of rotatable bonds is 3. The zero-order valence-electron chi connectivity index (χ0n) is 10.2. The first-order valence-corrected chi connectivity index (χ1v) is 6.30. The molecule has 3 nitrogen and oxygen atoms in total. The zero-order chi connectivity index (χ0) is 11.9. The molecule has 1 aliphatic heterocycles. The van der Waals surface area contributed by atoms with E-state index in [-0.39, 0.29) is 11.4 Å². The van der Waals surface area contributed by atoms with Gasteiger partial charge in [0.05, 0.1) is 0 Å². The second-order valence-electron chi connectivity index (χ2n) is 5.30. The minimum atomic E-state index is 0.100. The lowest BCUT2D eigenvalue weighted by molar-refractivity contribution is 0.213. The van der Waals surface area contributed by atoms with Crippen molar-refractivity contribution in [3.63, 3.8) is 0 Å². The average Bonchev–Trinajstić information content (AvgIpc) is 2.99. The van der Waals surface area contributed by atoms with E-state index in [0.29, 0.717) is 0 Å². The topological polar surface area (TPSA) is 32.3 Å². The molecule has 90 valence electrons. The van der Waals surface area contributed by atoms with Crippen LogP contribution in [-0.2, 0) is 5.41 Å². The Balaban J connectivity index is 1.77. The lowest BCUT2D eigenvalue weighted by Crippen LogP contribution is -2.35. The maximum absolute atomic E-state index is 11.6. The van der Waals surface area contributed by atoms with E-state index >= 15 is 0 Å². The zero-order valence-corrected chi connectivity index (χ0v) is 10.2. The summed E-state index contributed by atoms with van der Waals surface area (Å²) in [7, 11) is 0. The Morgan fingerprint density at radius 3 is 2.53 bits per heavy atom. The van der Waals surface area contributed by atoms with Crippen LogP contribution in [0.4, 0.5) is 4.79 Å². The van der Waals surface area contributed by atoms with Crippen LogP contribution in [0.5, 0.6) is 0 Å². The second kappa shape index (κ2) is 3.76. The summed E-state index contributed by atoms with van der Waals surface area (Å²) in [6, 6.07) is 8.87. The summed E-state index contributed by atoms with van der Waals surface area (Å²) < 4.78 is 0. The van der Waals surface area contributed by atoms with Crippen LogP contribution >= 0.6 is 0 Å². The fourth-order valence-corrected chi connectivity index (χ4v) is 2.62. The number of urea groups is 1. The smallest absolute Gasteiger partial charge is 0.317 e. The monoisotopic (exact) mass is 230 g/mol. The largest absolute Gasteiger partial charge is 0.336 e. The SMILES string of the molecule is Cc1ccc(C2(CN3CCNC3=O)CC2)cc1. The predicted octanol–water partition coefficient (Wildman–Crippen LogP) is 2.05. The van der Waals surface area contributed by atoms with Crippen LogP contribution in [0.1, 0.15) is 24.0 Å². The van der Waals surface area contributed by atoms with Crippen LogP contribution < -0.4 is 5.32 Å². The third kappa shape index (κ3) is 1.90. The first-order valence-electron chi connectivity index (χ1n) is 6.30. The number of hydrogen-bond donors (Lipinski definition) is 1. The van der Waals surface area contributed by atoms with Gasteiger partial charge in [0.15, 0.2) is 0 Å². The summed E-state index contributed by atoms with van der Waals surface area (Å²) in [5.41, 5.74) is 2.93. The van der Waals surface area contributed by atoms with Gasteiger partial charge in [0.25, 0.3) is 0 Å². The molecule has 3 rings (SSSR count). The molecule has 0 radical (unpaired) electrons. The molecule has 0 bridgehead atoms. The fraction of sp³-hybridized carbons (Fsp3) is 0.500. The van der Waals surface area contributed by atoms with E-state index in [1.54, 1.807) is 0 Å². The Labute approximate surface area is 102 Å². The molecule has 1 aromatic rings. The number of nitrogens with zero attached hydrogens (tertiary/aromatic N) is 1. The van der Waals surface area contributed by atoms with Crippen LogP contribution in [0.3, 0.4) is 0 Å². The maximum atomic E-state index is 11.6. The Morgan fingerprint density at radius 2 is 2.00 bits per heavy atom. The summed E-state index contributed by atoms with van der Waals surface area (Å²) in [6.45, 7) is 4.63. The van der Waals surface area contributed by atoms with E-state index in [0.717, 1.165) is 19.6 Å². The molecular formula is C14H18N2O. The highest BCUT2D eigenvalue weighted by Gasteiger charge is 2.46. The van der Waals surface area contributed by atoms with Gasteiger partial charge in [-0.1, -0.05) is 29.8 Å². The van der Waals surface area contributed by atoms with E-state index < -0.39 is 0 Å². The van der Waals surface area contributed by atoms with Crippen LogP contribution in [0, 0.1) is 6.92 Å². The molecule has 0 unspecified atom stereocenters. The normalized spacial score (nSPS) is 21.5. The number of carbonyl (C=O) groups is 1. The quantitative estimate of drug-likeness (QED) is 0.847. The molecule has 0 spiro atoms. The molecule has 1 saturated carbocycles. The molecule has 1 saturated heterocycles. The van der Waals surface area contributed by atoms with Gasteiger partial charge in [-0.3, -0.25) is 0 Å². The Kier molecular flexibility index (Phi) is 2.35. The lowest BCUT2D eigenvalue weighted by atomic mass is 9.94. The summed E-state index contributed by atoms with van der Waals surface area (Å²) in [5.74, 6) is 0. The van der Waals surface area contributed by atoms with Gasteiger partial charge in [-0.25, -0.2) is 4.79 Å². The predicted molar refractivity (Wildman–Crippen MR) is 67.1 cm³/mol. The van der Waals surface area contributed by atoms with Crippen molar-refractivity contribution in [2.45, 2.75) is 25.2 Å². The van der Waals surface area contributed by atoms with Gasteiger partial charge in [-0.15, -0.1) is 0 Å². The first-order chi connectivity index (χ1) is 8.20. The molecule has 17 heavy (non-hydrogen) atoms. The molecule has 0 atom stereocenters. The number of aryl methyl sites for hydroxylation is 1. The molecule has 1 N–H and O–H groups in total. The highest BCUT2D eigenvalue weighted by molar-refractivity contribution is 5.76. The highest BCUT2D eigenvalue weighted by Crippen LogP contribution is 2.48. The Bertz CT molecular complexity index is 434. The minimum Gasteiger partial charge on any atom is -0.336 e. The summed E-state index contributed by atoms with van der Waals surface area (Å²) in [5, 5.41) is 2.87. The first kappa shape index (κ1) is 10.6. The average molecular weight is 230 g/mol.